The lowest BCUT2D eigenvalue weighted by atomic mass is 10.4. The van der Waals surface area contributed by atoms with Gasteiger partial charge >= 0.3 is 0 Å². The third-order valence-corrected chi connectivity index (χ3v) is 3.52. The molecule has 0 bridgehead atoms. The summed E-state index contributed by atoms with van der Waals surface area (Å²) in [6, 6.07) is 3.29. The van der Waals surface area contributed by atoms with Gasteiger partial charge in [-0.3, -0.25) is 9.29 Å². The second-order valence-corrected chi connectivity index (χ2v) is 4.84. The molecule has 0 saturated heterocycles. The third kappa shape index (κ3) is 2.43. The van der Waals surface area contributed by atoms with Crippen LogP contribution in [0, 0.1) is 0 Å². The van der Waals surface area contributed by atoms with Crippen LogP contribution >= 0.6 is 0 Å². The van der Waals surface area contributed by atoms with E-state index >= 15 is 0 Å². The zero-order valence-electron chi connectivity index (χ0n) is 7.79. The summed E-state index contributed by atoms with van der Waals surface area (Å²) in [5.41, 5.74) is 0.487. The van der Waals surface area contributed by atoms with Crippen molar-refractivity contribution in [2.24, 2.45) is 0 Å². The zero-order valence-corrected chi connectivity index (χ0v) is 8.61. The third-order valence-electron chi connectivity index (χ3n) is 1.78. The topological polar surface area (TPSA) is 70.5 Å². The van der Waals surface area contributed by atoms with Gasteiger partial charge in [0.1, 0.15) is 0 Å². The molecule has 1 N–H and O–H groups in total. The van der Waals surface area contributed by atoms with E-state index in [2.05, 4.69) is 4.98 Å². The van der Waals surface area contributed by atoms with Crippen LogP contribution in [0.3, 0.4) is 0 Å². The van der Waals surface area contributed by atoms with Gasteiger partial charge in [-0.15, -0.1) is 0 Å². The monoisotopic (exact) mass is 216 g/mol. The highest BCUT2D eigenvalue weighted by atomic mass is 32.2. The molecule has 0 aliphatic carbocycles. The Labute approximate surface area is 83.1 Å². The minimum Gasteiger partial charge on any atom is -0.395 e. The van der Waals surface area contributed by atoms with E-state index in [9.17, 15) is 8.42 Å². The van der Waals surface area contributed by atoms with Crippen molar-refractivity contribution in [1.29, 1.82) is 0 Å². The molecule has 1 aromatic rings. The Morgan fingerprint density at radius 1 is 1.57 bits per heavy atom. The van der Waals surface area contributed by atoms with Gasteiger partial charge in [-0.25, -0.2) is 8.42 Å². The number of hydrogen-bond donors (Lipinski definition) is 1. The number of sulfonamides is 1. The number of pyridine rings is 1. The highest BCUT2D eigenvalue weighted by molar-refractivity contribution is 7.92. The lowest BCUT2D eigenvalue weighted by molar-refractivity contribution is 0.319. The van der Waals surface area contributed by atoms with Crippen molar-refractivity contribution in [3.05, 3.63) is 24.5 Å². The number of hydrogen-bond acceptors (Lipinski definition) is 4. The van der Waals surface area contributed by atoms with Gasteiger partial charge in [-0.1, -0.05) is 0 Å². The van der Waals surface area contributed by atoms with Crippen molar-refractivity contribution in [3.63, 3.8) is 0 Å². The molecule has 1 aromatic heterocycles. The molecule has 0 saturated carbocycles. The number of aliphatic hydroxyl groups is 1. The van der Waals surface area contributed by atoms with Crippen LogP contribution in [0.25, 0.3) is 0 Å². The quantitative estimate of drug-likeness (QED) is 0.759. The lowest BCUT2D eigenvalue weighted by Crippen LogP contribution is -2.30. The Morgan fingerprint density at radius 3 is 2.79 bits per heavy atom. The van der Waals surface area contributed by atoms with E-state index in [1.165, 1.54) is 13.2 Å². The number of aromatic nitrogens is 1. The second-order valence-electron chi connectivity index (χ2n) is 2.72. The van der Waals surface area contributed by atoms with Gasteiger partial charge < -0.3 is 5.11 Å². The summed E-state index contributed by atoms with van der Waals surface area (Å²) in [7, 11) is -1.99. The summed E-state index contributed by atoms with van der Waals surface area (Å²) >= 11 is 0. The van der Waals surface area contributed by atoms with E-state index in [1.54, 1.807) is 18.3 Å². The van der Waals surface area contributed by atoms with E-state index < -0.39 is 10.0 Å². The van der Waals surface area contributed by atoms with Gasteiger partial charge in [0, 0.05) is 13.2 Å². The average molecular weight is 216 g/mol. The maximum Gasteiger partial charge on any atom is 0.237 e. The van der Waals surface area contributed by atoms with Crippen molar-refractivity contribution < 1.29 is 13.5 Å². The smallest absolute Gasteiger partial charge is 0.237 e. The first-order valence-electron chi connectivity index (χ1n) is 4.05. The molecule has 0 atom stereocenters. The Morgan fingerprint density at radius 2 is 2.29 bits per heavy atom. The van der Waals surface area contributed by atoms with Crippen molar-refractivity contribution in [2.75, 3.05) is 23.7 Å². The minimum absolute atomic E-state index is 0.279. The summed E-state index contributed by atoms with van der Waals surface area (Å²) < 4.78 is 24.0. The van der Waals surface area contributed by atoms with E-state index in [1.807, 2.05) is 0 Å². The summed E-state index contributed by atoms with van der Waals surface area (Å²) in [6.07, 6.45) is 3.02. The van der Waals surface area contributed by atoms with Gasteiger partial charge in [0.25, 0.3) is 0 Å². The minimum atomic E-state index is -3.42. The van der Waals surface area contributed by atoms with Crippen LogP contribution in [0.4, 0.5) is 5.69 Å². The normalized spacial score (nSPS) is 11.3. The molecule has 5 nitrogen and oxygen atoms in total. The Balaban J connectivity index is 2.91. The van der Waals surface area contributed by atoms with E-state index in [0.29, 0.717) is 5.69 Å². The Bertz CT molecular complexity index is 377. The van der Waals surface area contributed by atoms with Gasteiger partial charge in [0.15, 0.2) is 0 Å². The van der Waals surface area contributed by atoms with Crippen LogP contribution in [0.15, 0.2) is 24.5 Å². The van der Waals surface area contributed by atoms with E-state index in [-0.39, 0.29) is 12.4 Å². The average Bonchev–Trinajstić information content (AvgIpc) is 2.18. The lowest BCUT2D eigenvalue weighted by Gasteiger charge is -2.17. The van der Waals surface area contributed by atoms with Crippen LogP contribution in [0.1, 0.15) is 0 Å². The van der Waals surface area contributed by atoms with Crippen molar-refractivity contribution in [2.45, 2.75) is 0 Å². The fraction of sp³-hybridized carbons (Fsp3) is 0.375. The summed E-state index contributed by atoms with van der Waals surface area (Å²) in [6.45, 7) is -0.382. The molecule has 1 heterocycles. The highest BCUT2D eigenvalue weighted by Gasteiger charge is 2.17. The molecule has 0 radical (unpaired) electrons. The maximum atomic E-state index is 11.5. The molecule has 0 unspecified atom stereocenters. The van der Waals surface area contributed by atoms with E-state index in [4.69, 9.17) is 5.11 Å². The fourth-order valence-electron chi connectivity index (χ4n) is 0.953. The van der Waals surface area contributed by atoms with Crippen molar-refractivity contribution >= 4 is 15.7 Å². The Kier molecular flexibility index (Phi) is 3.43. The molecule has 78 valence electrons. The van der Waals surface area contributed by atoms with Crippen LogP contribution in [-0.2, 0) is 10.0 Å². The van der Waals surface area contributed by atoms with Crippen LogP contribution in [0.2, 0.25) is 0 Å². The molecule has 0 spiro atoms. The number of anilines is 1. The highest BCUT2D eigenvalue weighted by Crippen LogP contribution is 2.13. The van der Waals surface area contributed by atoms with Crippen LogP contribution < -0.4 is 4.31 Å². The fourth-order valence-corrected chi connectivity index (χ4v) is 1.89. The summed E-state index contributed by atoms with van der Waals surface area (Å²) in [5, 5.41) is 8.58. The zero-order chi connectivity index (χ0) is 10.6. The largest absolute Gasteiger partial charge is 0.395 e. The molecular weight excluding hydrogens is 204 g/mol. The first-order valence-corrected chi connectivity index (χ1v) is 5.66. The molecule has 6 heteroatoms. The molecular formula is C8H12N2O3S. The molecule has 1 rings (SSSR count). The molecule has 0 aromatic carbocycles. The molecule has 0 fully saturated rings. The first kappa shape index (κ1) is 10.9. The maximum absolute atomic E-state index is 11.5. The van der Waals surface area contributed by atoms with Crippen LogP contribution in [0.5, 0.6) is 0 Å². The second kappa shape index (κ2) is 4.39. The SMILES string of the molecule is CN(c1cccnc1)S(=O)(=O)CCO. The number of nitrogens with zero attached hydrogens (tertiary/aromatic N) is 2. The first-order chi connectivity index (χ1) is 6.58. The molecule has 0 aliphatic heterocycles. The summed E-state index contributed by atoms with van der Waals surface area (Å²) in [5.74, 6) is -0.279. The van der Waals surface area contributed by atoms with Gasteiger partial charge in [0.05, 0.1) is 24.2 Å². The molecule has 0 amide bonds. The van der Waals surface area contributed by atoms with Gasteiger partial charge in [-0.05, 0) is 12.1 Å². The predicted octanol–water partition coefficient (Wildman–Crippen LogP) is -0.160. The van der Waals surface area contributed by atoms with Crippen LogP contribution in [-0.4, -0.2) is 37.9 Å². The molecule has 14 heavy (non-hydrogen) atoms. The van der Waals surface area contributed by atoms with Crippen molar-refractivity contribution in [3.8, 4) is 0 Å². The number of aliphatic hydroxyl groups excluding tert-OH is 1. The standard InChI is InChI=1S/C8H12N2O3S/c1-10(14(12,13)6-5-11)8-3-2-4-9-7-8/h2-4,7,11H,5-6H2,1H3. The van der Waals surface area contributed by atoms with Crippen molar-refractivity contribution in [1.82, 2.24) is 4.98 Å². The van der Waals surface area contributed by atoms with Gasteiger partial charge in [-0.2, -0.15) is 0 Å². The predicted molar refractivity (Wildman–Crippen MR) is 53.5 cm³/mol. The Hall–Kier alpha value is -1.14. The summed E-state index contributed by atoms with van der Waals surface area (Å²) in [4.78, 5) is 3.81. The molecule has 0 aliphatic rings. The van der Waals surface area contributed by atoms with Gasteiger partial charge in [0.2, 0.25) is 10.0 Å². The van der Waals surface area contributed by atoms with E-state index in [0.717, 1.165) is 4.31 Å². The number of rotatable bonds is 4.